The van der Waals surface area contributed by atoms with E-state index in [4.69, 9.17) is 0 Å². The van der Waals surface area contributed by atoms with Crippen LogP contribution in [0.4, 0.5) is 4.39 Å². The Labute approximate surface area is 79.8 Å². The van der Waals surface area contributed by atoms with Crippen molar-refractivity contribution in [1.29, 1.82) is 0 Å². The maximum Gasteiger partial charge on any atom is 0.126 e. The van der Waals surface area contributed by atoms with E-state index in [-0.39, 0.29) is 5.82 Å². The van der Waals surface area contributed by atoms with Crippen molar-refractivity contribution >= 4 is 0 Å². The summed E-state index contributed by atoms with van der Waals surface area (Å²) in [5.41, 5.74) is 1.99. The Bertz CT molecular complexity index is 276. The highest BCUT2D eigenvalue weighted by atomic mass is 19.1. The molecule has 1 aromatic carbocycles. The van der Waals surface area contributed by atoms with Crippen LogP contribution in [0.5, 0.6) is 0 Å². The molecule has 0 heterocycles. The molecule has 0 unspecified atom stereocenters. The quantitative estimate of drug-likeness (QED) is 0.665. The van der Waals surface area contributed by atoms with Crippen LogP contribution in [-0.4, -0.2) is 0 Å². The number of halogens is 1. The van der Waals surface area contributed by atoms with Gasteiger partial charge in [-0.1, -0.05) is 31.5 Å². The van der Waals surface area contributed by atoms with E-state index < -0.39 is 0 Å². The molecule has 0 spiro atoms. The molecule has 1 heteroatoms. The van der Waals surface area contributed by atoms with E-state index in [0.29, 0.717) is 5.92 Å². The number of rotatable bonds is 3. The maximum absolute atomic E-state index is 13.2. The third kappa shape index (κ3) is 3.17. The van der Waals surface area contributed by atoms with Crippen LogP contribution in [-0.2, 0) is 6.42 Å². The van der Waals surface area contributed by atoms with Gasteiger partial charge >= 0.3 is 0 Å². The Morgan fingerprint density at radius 3 is 2.62 bits per heavy atom. The molecule has 0 saturated carbocycles. The smallest absolute Gasteiger partial charge is 0.126 e. The topological polar surface area (TPSA) is 0 Å². The first-order valence-corrected chi connectivity index (χ1v) is 4.84. The Kier molecular flexibility index (Phi) is 3.47. The van der Waals surface area contributed by atoms with E-state index in [0.717, 1.165) is 24.0 Å². The van der Waals surface area contributed by atoms with E-state index in [1.807, 2.05) is 19.1 Å². The first kappa shape index (κ1) is 10.2. The molecule has 13 heavy (non-hydrogen) atoms. The molecule has 0 fully saturated rings. The summed E-state index contributed by atoms with van der Waals surface area (Å²) < 4.78 is 13.2. The zero-order chi connectivity index (χ0) is 9.84. The third-order valence-electron chi connectivity index (χ3n) is 2.19. The normalized spacial score (nSPS) is 10.8. The lowest BCUT2D eigenvalue weighted by Gasteiger charge is -2.06. The molecule has 0 radical (unpaired) electrons. The first-order chi connectivity index (χ1) is 6.09. The number of aryl methyl sites for hydroxylation is 2. The van der Waals surface area contributed by atoms with Gasteiger partial charge in [0, 0.05) is 0 Å². The molecule has 0 amide bonds. The molecular weight excluding hydrogens is 163 g/mol. The van der Waals surface area contributed by atoms with Crippen molar-refractivity contribution in [3.63, 3.8) is 0 Å². The molecule has 1 aromatic rings. The van der Waals surface area contributed by atoms with Gasteiger partial charge in [-0.25, -0.2) is 4.39 Å². The van der Waals surface area contributed by atoms with Gasteiger partial charge in [-0.2, -0.15) is 0 Å². The van der Waals surface area contributed by atoms with Crippen LogP contribution in [0.1, 0.15) is 31.4 Å². The number of hydrogen-bond donors (Lipinski definition) is 0. The average molecular weight is 180 g/mol. The van der Waals surface area contributed by atoms with Crippen molar-refractivity contribution in [2.45, 2.75) is 33.6 Å². The van der Waals surface area contributed by atoms with E-state index in [9.17, 15) is 4.39 Å². The van der Waals surface area contributed by atoms with Crippen molar-refractivity contribution < 1.29 is 4.39 Å². The van der Waals surface area contributed by atoms with Crippen molar-refractivity contribution in [3.05, 3.63) is 35.1 Å². The SMILES string of the molecule is Cc1ccc(F)c(CCC(C)C)c1. The van der Waals surface area contributed by atoms with Gasteiger partial charge in [0.15, 0.2) is 0 Å². The zero-order valence-corrected chi connectivity index (χ0v) is 8.60. The minimum Gasteiger partial charge on any atom is -0.207 e. The van der Waals surface area contributed by atoms with Gasteiger partial charge in [0.05, 0.1) is 0 Å². The van der Waals surface area contributed by atoms with Crippen LogP contribution in [0.25, 0.3) is 0 Å². The summed E-state index contributed by atoms with van der Waals surface area (Å²) in [4.78, 5) is 0. The third-order valence-corrected chi connectivity index (χ3v) is 2.19. The maximum atomic E-state index is 13.2. The summed E-state index contributed by atoms with van der Waals surface area (Å²) in [7, 11) is 0. The van der Waals surface area contributed by atoms with Gasteiger partial charge in [-0.3, -0.25) is 0 Å². The summed E-state index contributed by atoms with van der Waals surface area (Å²) in [5.74, 6) is 0.575. The summed E-state index contributed by atoms with van der Waals surface area (Å²) in [6.07, 6.45) is 1.91. The average Bonchev–Trinajstić information content (AvgIpc) is 2.06. The number of benzene rings is 1. The molecule has 0 aliphatic heterocycles. The van der Waals surface area contributed by atoms with Crippen LogP contribution in [0.3, 0.4) is 0 Å². The molecule has 0 aliphatic carbocycles. The zero-order valence-electron chi connectivity index (χ0n) is 8.60. The van der Waals surface area contributed by atoms with Crippen LogP contribution in [0.15, 0.2) is 18.2 Å². The summed E-state index contributed by atoms with van der Waals surface area (Å²) in [6, 6.07) is 5.32. The van der Waals surface area contributed by atoms with E-state index in [1.165, 1.54) is 0 Å². The molecule has 0 aliphatic rings. The molecule has 0 atom stereocenters. The largest absolute Gasteiger partial charge is 0.207 e. The molecule has 0 N–H and O–H groups in total. The lowest BCUT2D eigenvalue weighted by Crippen LogP contribution is -1.95. The van der Waals surface area contributed by atoms with Crippen LogP contribution >= 0.6 is 0 Å². The second kappa shape index (κ2) is 4.40. The molecule has 72 valence electrons. The van der Waals surface area contributed by atoms with E-state index in [1.54, 1.807) is 6.07 Å². The summed E-state index contributed by atoms with van der Waals surface area (Å²) >= 11 is 0. The summed E-state index contributed by atoms with van der Waals surface area (Å²) in [6.45, 7) is 6.32. The standard InChI is InChI=1S/C12H17F/c1-9(2)4-6-11-8-10(3)5-7-12(11)13/h5,7-9H,4,6H2,1-3H3. The molecule has 0 aromatic heterocycles. The van der Waals surface area contributed by atoms with Gasteiger partial charge in [0.2, 0.25) is 0 Å². The second-order valence-electron chi connectivity index (χ2n) is 4.03. The van der Waals surface area contributed by atoms with Crippen LogP contribution < -0.4 is 0 Å². The molecule has 1 rings (SSSR count). The van der Waals surface area contributed by atoms with Crippen molar-refractivity contribution in [1.82, 2.24) is 0 Å². The second-order valence-corrected chi connectivity index (χ2v) is 4.03. The van der Waals surface area contributed by atoms with Crippen molar-refractivity contribution in [2.24, 2.45) is 5.92 Å². The van der Waals surface area contributed by atoms with Crippen molar-refractivity contribution in [2.75, 3.05) is 0 Å². The molecule has 0 saturated heterocycles. The lowest BCUT2D eigenvalue weighted by molar-refractivity contribution is 0.558. The fraction of sp³-hybridized carbons (Fsp3) is 0.500. The monoisotopic (exact) mass is 180 g/mol. The minimum atomic E-state index is -0.0637. The van der Waals surface area contributed by atoms with Gasteiger partial charge < -0.3 is 0 Å². The predicted molar refractivity (Wildman–Crippen MR) is 54.3 cm³/mol. The molecule has 0 nitrogen and oxygen atoms in total. The Morgan fingerprint density at radius 2 is 2.00 bits per heavy atom. The summed E-state index contributed by atoms with van der Waals surface area (Å²) in [5, 5.41) is 0. The fourth-order valence-corrected chi connectivity index (χ4v) is 1.34. The Balaban J connectivity index is 2.70. The Hall–Kier alpha value is -0.850. The fourth-order valence-electron chi connectivity index (χ4n) is 1.34. The van der Waals surface area contributed by atoms with Crippen LogP contribution in [0, 0.1) is 18.7 Å². The lowest BCUT2D eigenvalue weighted by atomic mass is 10.0. The molecular formula is C12H17F. The highest BCUT2D eigenvalue weighted by Crippen LogP contribution is 2.14. The van der Waals surface area contributed by atoms with Gasteiger partial charge in [0.1, 0.15) is 5.82 Å². The highest BCUT2D eigenvalue weighted by Gasteiger charge is 2.03. The predicted octanol–water partition coefficient (Wildman–Crippen LogP) is 3.72. The van der Waals surface area contributed by atoms with Gasteiger partial charge in [0.25, 0.3) is 0 Å². The minimum absolute atomic E-state index is 0.0637. The highest BCUT2D eigenvalue weighted by molar-refractivity contribution is 5.24. The number of hydrogen-bond acceptors (Lipinski definition) is 0. The van der Waals surface area contributed by atoms with Gasteiger partial charge in [-0.05, 0) is 37.3 Å². The van der Waals surface area contributed by atoms with E-state index in [2.05, 4.69) is 13.8 Å². The Morgan fingerprint density at radius 1 is 1.31 bits per heavy atom. The van der Waals surface area contributed by atoms with E-state index >= 15 is 0 Å². The first-order valence-electron chi connectivity index (χ1n) is 4.84. The van der Waals surface area contributed by atoms with Crippen LogP contribution in [0.2, 0.25) is 0 Å². The molecule has 0 bridgehead atoms. The van der Waals surface area contributed by atoms with Crippen molar-refractivity contribution in [3.8, 4) is 0 Å². The van der Waals surface area contributed by atoms with Gasteiger partial charge in [-0.15, -0.1) is 0 Å².